The Morgan fingerprint density at radius 1 is 1.06 bits per heavy atom. The van der Waals surface area contributed by atoms with E-state index < -0.39 is 0 Å². The Balaban J connectivity index is 2.17. The molecule has 0 N–H and O–H groups in total. The van der Waals surface area contributed by atoms with Crippen molar-refractivity contribution in [2.45, 2.75) is 6.92 Å². The molecule has 3 nitrogen and oxygen atoms in total. The Hall–Kier alpha value is -2.29. The van der Waals surface area contributed by atoms with Gasteiger partial charge >= 0.3 is 0 Å². The van der Waals surface area contributed by atoms with Crippen molar-refractivity contribution in [3.05, 3.63) is 47.7 Å². The van der Waals surface area contributed by atoms with Crippen LogP contribution in [0.25, 0.3) is 22.5 Å². The molecule has 0 unspecified atom stereocenters. The summed E-state index contributed by atoms with van der Waals surface area (Å²) in [5.74, 6) is 1.52. The number of benzene rings is 1. The van der Waals surface area contributed by atoms with Gasteiger partial charge in [-0.3, -0.25) is 4.79 Å². The van der Waals surface area contributed by atoms with Gasteiger partial charge in [0.05, 0.1) is 0 Å². The molecule has 0 amide bonds. The molecule has 0 aliphatic heterocycles. The van der Waals surface area contributed by atoms with Crippen LogP contribution in [0.3, 0.4) is 0 Å². The van der Waals surface area contributed by atoms with Crippen LogP contribution in [0.15, 0.2) is 45.2 Å². The third-order valence-electron chi connectivity index (χ3n) is 2.73. The summed E-state index contributed by atoms with van der Waals surface area (Å²) in [4.78, 5) is 10.6. The number of furan rings is 2. The molecule has 3 heteroatoms. The number of carbonyl (C=O) groups excluding carboxylic acids is 1. The largest absolute Gasteiger partial charge is 0.453 e. The van der Waals surface area contributed by atoms with E-state index in [1.807, 2.05) is 31.2 Å². The summed E-state index contributed by atoms with van der Waals surface area (Å²) in [5.41, 5.74) is 1.93. The van der Waals surface area contributed by atoms with Crippen LogP contribution in [0.5, 0.6) is 0 Å². The van der Waals surface area contributed by atoms with Crippen LogP contribution in [0, 0.1) is 6.92 Å². The second-order valence-corrected chi connectivity index (χ2v) is 3.92. The Kier molecular flexibility index (Phi) is 2.11. The molecule has 1 aromatic carbocycles. The normalized spacial score (nSPS) is 10.9. The van der Waals surface area contributed by atoms with E-state index in [1.165, 1.54) is 0 Å². The molecule has 84 valence electrons. The van der Waals surface area contributed by atoms with E-state index in [0.717, 1.165) is 16.5 Å². The second-order valence-electron chi connectivity index (χ2n) is 3.92. The van der Waals surface area contributed by atoms with Gasteiger partial charge in [0.25, 0.3) is 0 Å². The molecule has 0 atom stereocenters. The molecule has 3 rings (SSSR count). The number of fused-ring (bicyclic) bond motifs is 1. The fourth-order valence-electron chi connectivity index (χ4n) is 1.88. The highest BCUT2D eigenvalue weighted by Crippen LogP contribution is 2.30. The molecular weight excluding hydrogens is 216 g/mol. The van der Waals surface area contributed by atoms with Crippen LogP contribution < -0.4 is 0 Å². The summed E-state index contributed by atoms with van der Waals surface area (Å²) in [5, 5.41) is 1.03. The van der Waals surface area contributed by atoms with Gasteiger partial charge in [0.15, 0.2) is 23.6 Å². The van der Waals surface area contributed by atoms with Crippen LogP contribution in [0.4, 0.5) is 0 Å². The van der Waals surface area contributed by atoms with Crippen LogP contribution in [0.2, 0.25) is 0 Å². The van der Waals surface area contributed by atoms with Crippen molar-refractivity contribution >= 4 is 17.3 Å². The zero-order valence-electron chi connectivity index (χ0n) is 9.27. The quantitative estimate of drug-likeness (QED) is 0.624. The van der Waals surface area contributed by atoms with Crippen molar-refractivity contribution in [2.24, 2.45) is 0 Å². The lowest BCUT2D eigenvalue weighted by Gasteiger charge is -1.92. The zero-order valence-corrected chi connectivity index (χ0v) is 9.27. The summed E-state index contributed by atoms with van der Waals surface area (Å²) in [7, 11) is 0. The summed E-state index contributed by atoms with van der Waals surface area (Å²) >= 11 is 0. The highest BCUT2D eigenvalue weighted by Gasteiger charge is 2.11. The molecule has 2 heterocycles. The number of carbonyl (C=O) groups is 1. The van der Waals surface area contributed by atoms with Crippen LogP contribution in [-0.4, -0.2) is 6.29 Å². The van der Waals surface area contributed by atoms with E-state index in [0.29, 0.717) is 23.6 Å². The van der Waals surface area contributed by atoms with Crippen molar-refractivity contribution in [1.29, 1.82) is 0 Å². The highest BCUT2D eigenvalue weighted by molar-refractivity contribution is 5.84. The van der Waals surface area contributed by atoms with Crippen LogP contribution in [0.1, 0.15) is 16.1 Å². The maximum atomic E-state index is 10.6. The van der Waals surface area contributed by atoms with Crippen molar-refractivity contribution in [2.75, 3.05) is 0 Å². The topological polar surface area (TPSA) is 43.4 Å². The maximum absolute atomic E-state index is 10.6. The summed E-state index contributed by atoms with van der Waals surface area (Å²) < 4.78 is 11.1. The fourth-order valence-corrected chi connectivity index (χ4v) is 1.88. The van der Waals surface area contributed by atoms with E-state index in [2.05, 4.69) is 0 Å². The van der Waals surface area contributed by atoms with Gasteiger partial charge in [-0.15, -0.1) is 0 Å². The summed E-state index contributed by atoms with van der Waals surface area (Å²) in [6.07, 6.45) is 0.678. The highest BCUT2D eigenvalue weighted by atomic mass is 16.4. The minimum atomic E-state index is 0.303. The lowest BCUT2D eigenvalue weighted by atomic mass is 10.2. The Morgan fingerprint density at radius 3 is 2.65 bits per heavy atom. The van der Waals surface area contributed by atoms with Gasteiger partial charge in [0.2, 0.25) is 0 Å². The molecule has 0 fully saturated rings. The second kappa shape index (κ2) is 3.63. The van der Waals surface area contributed by atoms with E-state index in [1.54, 1.807) is 12.1 Å². The number of aldehydes is 1. The van der Waals surface area contributed by atoms with Crippen molar-refractivity contribution in [1.82, 2.24) is 0 Å². The predicted octanol–water partition coefficient (Wildman–Crippen LogP) is 3.81. The first kappa shape index (κ1) is 9.90. The van der Waals surface area contributed by atoms with Gasteiger partial charge in [0.1, 0.15) is 5.58 Å². The summed E-state index contributed by atoms with van der Waals surface area (Å²) in [6, 6.07) is 11.2. The third-order valence-corrected chi connectivity index (χ3v) is 2.73. The minimum absolute atomic E-state index is 0.303. The van der Waals surface area contributed by atoms with E-state index in [4.69, 9.17) is 8.83 Å². The smallest absolute Gasteiger partial charge is 0.185 e. The van der Waals surface area contributed by atoms with Crippen molar-refractivity contribution < 1.29 is 13.6 Å². The molecule has 0 saturated heterocycles. The molecule has 0 spiro atoms. The molecule has 3 aromatic rings. The standard InChI is InChI=1S/C14H10O3/c1-9-3-2-4-10-7-13(17-14(9)10)12-6-5-11(8-15)16-12/h2-8H,1H3. The lowest BCUT2D eigenvalue weighted by molar-refractivity contribution is 0.110. The van der Waals surface area contributed by atoms with E-state index in [9.17, 15) is 4.79 Å². The molecule has 0 saturated carbocycles. The molecule has 0 radical (unpaired) electrons. The lowest BCUT2D eigenvalue weighted by Crippen LogP contribution is -1.70. The average molecular weight is 226 g/mol. The first-order chi connectivity index (χ1) is 8.28. The molecular formula is C14H10O3. The number of rotatable bonds is 2. The number of hydrogen-bond acceptors (Lipinski definition) is 3. The number of hydrogen-bond donors (Lipinski definition) is 0. The van der Waals surface area contributed by atoms with E-state index in [-0.39, 0.29) is 0 Å². The Morgan fingerprint density at radius 2 is 1.94 bits per heavy atom. The van der Waals surface area contributed by atoms with E-state index >= 15 is 0 Å². The molecule has 2 aromatic heterocycles. The molecule has 0 aliphatic rings. The minimum Gasteiger partial charge on any atom is -0.453 e. The Labute approximate surface area is 97.7 Å². The average Bonchev–Trinajstić information content (AvgIpc) is 2.95. The van der Waals surface area contributed by atoms with Crippen LogP contribution in [-0.2, 0) is 0 Å². The maximum Gasteiger partial charge on any atom is 0.185 e. The molecule has 0 bridgehead atoms. The van der Waals surface area contributed by atoms with Gasteiger partial charge in [-0.05, 0) is 30.7 Å². The Bertz CT molecular complexity index is 688. The van der Waals surface area contributed by atoms with Gasteiger partial charge < -0.3 is 8.83 Å². The molecule has 0 aliphatic carbocycles. The summed E-state index contributed by atoms with van der Waals surface area (Å²) in [6.45, 7) is 1.99. The number of aryl methyl sites for hydroxylation is 1. The van der Waals surface area contributed by atoms with Gasteiger partial charge in [-0.2, -0.15) is 0 Å². The molecule has 17 heavy (non-hydrogen) atoms. The monoisotopic (exact) mass is 226 g/mol. The zero-order chi connectivity index (χ0) is 11.8. The SMILES string of the molecule is Cc1cccc2cc(-c3ccc(C=O)o3)oc12. The first-order valence-corrected chi connectivity index (χ1v) is 5.32. The number of para-hydroxylation sites is 1. The van der Waals surface area contributed by atoms with Gasteiger partial charge in [0, 0.05) is 5.39 Å². The van der Waals surface area contributed by atoms with Gasteiger partial charge in [-0.25, -0.2) is 0 Å². The van der Waals surface area contributed by atoms with Crippen molar-refractivity contribution in [3.63, 3.8) is 0 Å². The van der Waals surface area contributed by atoms with Crippen molar-refractivity contribution in [3.8, 4) is 11.5 Å². The fraction of sp³-hybridized carbons (Fsp3) is 0.0714. The third kappa shape index (κ3) is 1.56. The predicted molar refractivity (Wildman–Crippen MR) is 64.0 cm³/mol. The first-order valence-electron chi connectivity index (χ1n) is 5.32. The van der Waals surface area contributed by atoms with Crippen LogP contribution >= 0.6 is 0 Å². The van der Waals surface area contributed by atoms with Gasteiger partial charge in [-0.1, -0.05) is 18.2 Å².